The molecule has 3 fully saturated rings. The molecule has 4 rings (SSSR count). The highest BCUT2D eigenvalue weighted by Crippen LogP contribution is 2.39. The smallest absolute Gasteiger partial charge is 0.226 e. The Labute approximate surface area is 120 Å². The van der Waals surface area contributed by atoms with E-state index in [2.05, 4.69) is 16.0 Å². The zero-order valence-electron chi connectivity index (χ0n) is 11.9. The predicted molar refractivity (Wildman–Crippen MR) is 77.8 cm³/mol. The van der Waals surface area contributed by atoms with Gasteiger partial charge in [0.1, 0.15) is 0 Å². The van der Waals surface area contributed by atoms with E-state index in [1.807, 2.05) is 6.20 Å². The molecule has 0 spiro atoms. The number of aromatic nitrogens is 2. The van der Waals surface area contributed by atoms with Crippen molar-refractivity contribution in [1.82, 2.24) is 9.97 Å². The molecule has 1 aromatic heterocycles. The van der Waals surface area contributed by atoms with Gasteiger partial charge >= 0.3 is 0 Å². The Morgan fingerprint density at radius 2 is 1.75 bits per heavy atom. The van der Waals surface area contributed by atoms with Gasteiger partial charge in [-0.1, -0.05) is 12.8 Å². The lowest BCUT2D eigenvalue weighted by Crippen LogP contribution is -2.45. The standard InChI is InChI=1S/C16H23N3O/c20-14-9-12-5-6-13(10-14)19(12)16-17-8-7-15(18-16)11-3-1-2-4-11/h7-8,11-14,20H,1-6,9-10H2/t12-,13+,14?. The molecule has 0 aromatic carbocycles. The molecule has 108 valence electrons. The molecule has 1 unspecified atom stereocenters. The van der Waals surface area contributed by atoms with E-state index in [-0.39, 0.29) is 6.10 Å². The maximum Gasteiger partial charge on any atom is 0.226 e. The topological polar surface area (TPSA) is 49.2 Å². The van der Waals surface area contributed by atoms with E-state index in [1.165, 1.54) is 44.2 Å². The first-order valence-corrected chi connectivity index (χ1v) is 8.10. The summed E-state index contributed by atoms with van der Waals surface area (Å²) in [6.45, 7) is 0. The van der Waals surface area contributed by atoms with Gasteiger partial charge in [0.25, 0.3) is 0 Å². The van der Waals surface area contributed by atoms with Crippen molar-refractivity contribution in [2.24, 2.45) is 0 Å². The number of aliphatic hydroxyl groups excluding tert-OH is 1. The summed E-state index contributed by atoms with van der Waals surface area (Å²) in [4.78, 5) is 11.8. The van der Waals surface area contributed by atoms with Gasteiger partial charge in [-0.15, -0.1) is 0 Å². The molecule has 1 aliphatic carbocycles. The molecule has 1 aromatic rings. The number of nitrogens with zero attached hydrogens (tertiary/aromatic N) is 3. The van der Waals surface area contributed by atoms with Crippen LogP contribution in [-0.4, -0.2) is 33.3 Å². The Balaban J connectivity index is 1.61. The highest BCUT2D eigenvalue weighted by atomic mass is 16.3. The first-order valence-electron chi connectivity index (χ1n) is 8.10. The summed E-state index contributed by atoms with van der Waals surface area (Å²) >= 11 is 0. The number of rotatable bonds is 2. The van der Waals surface area contributed by atoms with Crippen LogP contribution < -0.4 is 4.90 Å². The van der Waals surface area contributed by atoms with Crippen molar-refractivity contribution in [3.05, 3.63) is 18.0 Å². The average molecular weight is 273 g/mol. The molecule has 1 N–H and O–H groups in total. The van der Waals surface area contributed by atoms with Crippen LogP contribution in [0.25, 0.3) is 0 Å². The fraction of sp³-hybridized carbons (Fsp3) is 0.750. The molecule has 1 saturated carbocycles. The molecule has 0 radical (unpaired) electrons. The van der Waals surface area contributed by atoms with Crippen LogP contribution in [0.15, 0.2) is 12.3 Å². The van der Waals surface area contributed by atoms with E-state index in [0.29, 0.717) is 18.0 Å². The zero-order valence-corrected chi connectivity index (χ0v) is 11.9. The van der Waals surface area contributed by atoms with E-state index < -0.39 is 0 Å². The summed E-state index contributed by atoms with van der Waals surface area (Å²) in [6.07, 6.45) is 11.2. The summed E-state index contributed by atoms with van der Waals surface area (Å²) in [6, 6.07) is 2.99. The van der Waals surface area contributed by atoms with Crippen molar-refractivity contribution in [2.45, 2.75) is 75.5 Å². The van der Waals surface area contributed by atoms with Gasteiger partial charge in [-0.25, -0.2) is 9.97 Å². The molecule has 2 aliphatic heterocycles. The van der Waals surface area contributed by atoms with Crippen LogP contribution in [0, 0.1) is 0 Å². The summed E-state index contributed by atoms with van der Waals surface area (Å²) < 4.78 is 0. The van der Waals surface area contributed by atoms with Crippen molar-refractivity contribution in [3.63, 3.8) is 0 Å². The van der Waals surface area contributed by atoms with Crippen LogP contribution in [0.3, 0.4) is 0 Å². The van der Waals surface area contributed by atoms with E-state index in [4.69, 9.17) is 4.98 Å². The van der Waals surface area contributed by atoms with Crippen molar-refractivity contribution < 1.29 is 5.11 Å². The molecule has 20 heavy (non-hydrogen) atoms. The van der Waals surface area contributed by atoms with Gasteiger partial charge in [-0.05, 0) is 44.6 Å². The first kappa shape index (κ1) is 12.6. The molecular weight excluding hydrogens is 250 g/mol. The SMILES string of the molecule is OC1C[C@H]2CC[C@@H](C1)N2c1nccc(C2CCCC2)n1. The Morgan fingerprint density at radius 1 is 1.05 bits per heavy atom. The third-order valence-corrected chi connectivity index (χ3v) is 5.38. The Morgan fingerprint density at radius 3 is 2.45 bits per heavy atom. The maximum absolute atomic E-state index is 9.91. The van der Waals surface area contributed by atoms with Crippen LogP contribution >= 0.6 is 0 Å². The van der Waals surface area contributed by atoms with Gasteiger partial charge in [0.05, 0.1) is 6.10 Å². The molecule has 4 nitrogen and oxygen atoms in total. The van der Waals surface area contributed by atoms with Crippen LogP contribution in [0.5, 0.6) is 0 Å². The quantitative estimate of drug-likeness (QED) is 0.900. The van der Waals surface area contributed by atoms with E-state index in [1.54, 1.807) is 0 Å². The van der Waals surface area contributed by atoms with Crippen LogP contribution in [-0.2, 0) is 0 Å². The number of aliphatic hydroxyl groups is 1. The van der Waals surface area contributed by atoms with Gasteiger partial charge in [0.15, 0.2) is 0 Å². The normalized spacial score (nSPS) is 33.9. The van der Waals surface area contributed by atoms with E-state index in [9.17, 15) is 5.11 Å². The zero-order chi connectivity index (χ0) is 13.5. The van der Waals surface area contributed by atoms with Crippen molar-refractivity contribution in [3.8, 4) is 0 Å². The second kappa shape index (κ2) is 4.99. The summed E-state index contributed by atoms with van der Waals surface area (Å²) in [7, 11) is 0. The van der Waals surface area contributed by atoms with Crippen molar-refractivity contribution in [2.75, 3.05) is 4.90 Å². The fourth-order valence-corrected chi connectivity index (χ4v) is 4.41. The number of fused-ring (bicyclic) bond motifs is 2. The Kier molecular flexibility index (Phi) is 3.14. The monoisotopic (exact) mass is 273 g/mol. The fourth-order valence-electron chi connectivity index (χ4n) is 4.41. The Bertz CT molecular complexity index is 472. The van der Waals surface area contributed by atoms with Gasteiger partial charge in [0, 0.05) is 29.9 Å². The summed E-state index contributed by atoms with van der Waals surface area (Å²) in [5.74, 6) is 1.55. The van der Waals surface area contributed by atoms with E-state index >= 15 is 0 Å². The van der Waals surface area contributed by atoms with Crippen molar-refractivity contribution >= 4 is 5.95 Å². The molecule has 3 atom stereocenters. The lowest BCUT2D eigenvalue weighted by molar-refractivity contribution is 0.125. The van der Waals surface area contributed by atoms with E-state index in [0.717, 1.165) is 18.8 Å². The predicted octanol–water partition coefficient (Wildman–Crippen LogP) is 2.63. The average Bonchev–Trinajstić information content (AvgIpc) is 3.06. The third kappa shape index (κ3) is 2.10. The van der Waals surface area contributed by atoms with Crippen molar-refractivity contribution in [1.29, 1.82) is 0 Å². The largest absolute Gasteiger partial charge is 0.393 e. The summed E-state index contributed by atoms with van der Waals surface area (Å²) in [5.41, 5.74) is 1.23. The minimum absolute atomic E-state index is 0.123. The maximum atomic E-state index is 9.91. The first-order chi connectivity index (χ1) is 9.81. The number of hydrogen-bond donors (Lipinski definition) is 1. The second-order valence-corrected chi connectivity index (χ2v) is 6.68. The molecule has 3 heterocycles. The lowest BCUT2D eigenvalue weighted by Gasteiger charge is -2.37. The van der Waals surface area contributed by atoms with Gasteiger partial charge < -0.3 is 10.0 Å². The molecule has 0 amide bonds. The molecule has 4 heteroatoms. The van der Waals surface area contributed by atoms with Gasteiger partial charge in [0.2, 0.25) is 5.95 Å². The van der Waals surface area contributed by atoms with Crippen LogP contribution in [0.1, 0.15) is 63.0 Å². The number of piperidine rings is 1. The molecular formula is C16H23N3O. The highest BCUT2D eigenvalue weighted by Gasteiger charge is 2.41. The Hall–Kier alpha value is -1.16. The number of anilines is 1. The molecule has 2 saturated heterocycles. The third-order valence-electron chi connectivity index (χ3n) is 5.38. The van der Waals surface area contributed by atoms with Gasteiger partial charge in [-0.2, -0.15) is 0 Å². The highest BCUT2D eigenvalue weighted by molar-refractivity contribution is 5.38. The van der Waals surface area contributed by atoms with Crippen LogP contribution in [0.2, 0.25) is 0 Å². The number of hydrogen-bond acceptors (Lipinski definition) is 4. The minimum atomic E-state index is -0.123. The molecule has 2 bridgehead atoms. The van der Waals surface area contributed by atoms with Gasteiger partial charge in [-0.3, -0.25) is 0 Å². The van der Waals surface area contributed by atoms with Crippen LogP contribution in [0.4, 0.5) is 5.95 Å². The lowest BCUT2D eigenvalue weighted by atomic mass is 10.0. The minimum Gasteiger partial charge on any atom is -0.393 e. The second-order valence-electron chi connectivity index (χ2n) is 6.68. The summed E-state index contributed by atoms with van der Waals surface area (Å²) in [5, 5.41) is 9.91. The molecule has 3 aliphatic rings.